The molecule has 0 N–H and O–H groups in total. The molecule has 0 radical (unpaired) electrons. The first-order valence-corrected chi connectivity index (χ1v) is 7.94. The third-order valence-electron chi connectivity index (χ3n) is 2.87. The maximum Gasteiger partial charge on any atom is 0.353 e. The van der Waals surface area contributed by atoms with Gasteiger partial charge >= 0.3 is 11.7 Å². The van der Waals surface area contributed by atoms with E-state index < -0.39 is 17.7 Å². The van der Waals surface area contributed by atoms with E-state index >= 15 is 0 Å². The molecule has 1 aliphatic rings. The number of aromatic nitrogens is 2. The molecule has 0 saturated carbocycles. The van der Waals surface area contributed by atoms with E-state index in [4.69, 9.17) is 14.2 Å². The molecule has 7 nitrogen and oxygen atoms in total. The smallest absolute Gasteiger partial charge is 0.353 e. The van der Waals surface area contributed by atoms with Gasteiger partial charge in [-0.05, 0) is 6.92 Å². The molecule has 0 aromatic carbocycles. The number of rotatable bonds is 6. The van der Waals surface area contributed by atoms with E-state index in [0.29, 0.717) is 5.75 Å². The zero-order valence-corrected chi connectivity index (χ0v) is 13.1. The van der Waals surface area contributed by atoms with E-state index in [1.165, 1.54) is 11.8 Å². The normalized spacial score (nSPS) is 20.9. The minimum atomic E-state index is -0.726. The lowest BCUT2D eigenvalue weighted by atomic mass is 10.5. The fraction of sp³-hybridized carbons (Fsp3) is 0.615. The molecular formula is C13H17FN2O5S. The van der Waals surface area contributed by atoms with Gasteiger partial charge in [-0.15, -0.1) is 11.8 Å². The standard InChI is InChI=1S/C13H17FN2O5S/c1-3-10(17)20-6-11-21-9(7-22-11)16-5-8(14)12(19-4-2)15-13(16)18/h5,9,11H,3-4,6-7H2,1-2H3/t9-,11+/m0/s1. The van der Waals surface area contributed by atoms with Crippen molar-refractivity contribution in [2.24, 2.45) is 0 Å². The Bertz CT molecular complexity index is 594. The van der Waals surface area contributed by atoms with Crippen molar-refractivity contribution < 1.29 is 23.4 Å². The van der Waals surface area contributed by atoms with E-state index in [1.54, 1.807) is 13.8 Å². The van der Waals surface area contributed by atoms with Crippen molar-refractivity contribution in [1.82, 2.24) is 9.55 Å². The third kappa shape index (κ3) is 3.98. The van der Waals surface area contributed by atoms with Crippen LogP contribution < -0.4 is 10.4 Å². The van der Waals surface area contributed by atoms with Crippen LogP contribution >= 0.6 is 11.8 Å². The van der Waals surface area contributed by atoms with Gasteiger partial charge < -0.3 is 14.2 Å². The largest absolute Gasteiger partial charge is 0.476 e. The topological polar surface area (TPSA) is 79.6 Å². The molecule has 0 unspecified atom stereocenters. The second-order valence-electron chi connectivity index (χ2n) is 4.41. The zero-order chi connectivity index (χ0) is 16.1. The van der Waals surface area contributed by atoms with Gasteiger partial charge in [0.25, 0.3) is 5.88 Å². The molecule has 2 atom stereocenters. The van der Waals surface area contributed by atoms with Crippen LogP contribution in [-0.2, 0) is 14.3 Å². The molecule has 9 heteroatoms. The van der Waals surface area contributed by atoms with Gasteiger partial charge in [0.2, 0.25) is 5.82 Å². The second kappa shape index (κ2) is 7.59. The Morgan fingerprint density at radius 2 is 2.36 bits per heavy atom. The minimum absolute atomic E-state index is 0.0928. The Morgan fingerprint density at radius 1 is 1.59 bits per heavy atom. The van der Waals surface area contributed by atoms with Crippen molar-refractivity contribution >= 4 is 17.7 Å². The predicted molar refractivity (Wildman–Crippen MR) is 77.2 cm³/mol. The molecule has 122 valence electrons. The average Bonchev–Trinajstić information content (AvgIpc) is 2.97. The van der Waals surface area contributed by atoms with Crippen LogP contribution in [0.5, 0.6) is 5.88 Å². The number of ether oxygens (including phenoxy) is 3. The predicted octanol–water partition coefficient (Wildman–Crippen LogP) is 1.32. The fourth-order valence-electron chi connectivity index (χ4n) is 1.81. The van der Waals surface area contributed by atoms with Crippen molar-refractivity contribution in [3.63, 3.8) is 0 Å². The summed E-state index contributed by atoms with van der Waals surface area (Å²) in [6, 6.07) is 0. The summed E-state index contributed by atoms with van der Waals surface area (Å²) < 4.78 is 30.4. The number of thioether (sulfide) groups is 1. The van der Waals surface area contributed by atoms with E-state index in [-0.39, 0.29) is 36.9 Å². The van der Waals surface area contributed by atoms with Crippen LogP contribution in [0.1, 0.15) is 26.5 Å². The number of carbonyl (C=O) groups is 1. The molecular weight excluding hydrogens is 315 g/mol. The highest BCUT2D eigenvalue weighted by Crippen LogP contribution is 2.31. The van der Waals surface area contributed by atoms with Gasteiger partial charge in [-0.3, -0.25) is 9.36 Å². The van der Waals surface area contributed by atoms with E-state index in [0.717, 1.165) is 10.8 Å². The van der Waals surface area contributed by atoms with Crippen molar-refractivity contribution in [3.05, 3.63) is 22.5 Å². The Morgan fingerprint density at radius 3 is 3.05 bits per heavy atom. The summed E-state index contributed by atoms with van der Waals surface area (Å²) in [6.07, 6.45) is 0.654. The monoisotopic (exact) mass is 332 g/mol. The Balaban J connectivity index is 2.03. The minimum Gasteiger partial charge on any atom is -0.476 e. The first-order chi connectivity index (χ1) is 10.5. The van der Waals surface area contributed by atoms with Crippen LogP contribution in [0.3, 0.4) is 0 Å². The average molecular weight is 332 g/mol. The van der Waals surface area contributed by atoms with Gasteiger partial charge in [-0.2, -0.15) is 9.37 Å². The van der Waals surface area contributed by atoms with E-state index in [9.17, 15) is 14.0 Å². The summed E-state index contributed by atoms with van der Waals surface area (Å²) >= 11 is 1.39. The number of hydrogen-bond acceptors (Lipinski definition) is 7. The molecule has 1 saturated heterocycles. The van der Waals surface area contributed by atoms with Crippen molar-refractivity contribution in [2.45, 2.75) is 31.9 Å². The molecule has 2 rings (SSSR count). The van der Waals surface area contributed by atoms with Gasteiger partial charge in [0, 0.05) is 12.2 Å². The highest BCUT2D eigenvalue weighted by Gasteiger charge is 2.29. The van der Waals surface area contributed by atoms with E-state index in [2.05, 4.69) is 4.98 Å². The molecule has 0 amide bonds. The molecule has 0 aliphatic carbocycles. The Labute approximate surface area is 130 Å². The fourth-order valence-corrected chi connectivity index (χ4v) is 2.80. The lowest BCUT2D eigenvalue weighted by molar-refractivity contribution is -0.146. The molecule has 0 spiro atoms. The number of carbonyl (C=O) groups excluding carboxylic acids is 1. The third-order valence-corrected chi connectivity index (χ3v) is 3.97. The number of nitrogens with zero attached hydrogens (tertiary/aromatic N) is 2. The SMILES string of the molecule is CCOc1nc(=O)n([C@@H]2CS[C@H](COC(=O)CC)O2)cc1F. The summed E-state index contributed by atoms with van der Waals surface area (Å²) in [5.41, 5.74) is -1.04. The molecule has 1 aromatic rings. The number of hydrogen-bond donors (Lipinski definition) is 0. The van der Waals surface area contributed by atoms with Crippen LogP contribution in [0.4, 0.5) is 4.39 Å². The summed E-state index contributed by atoms with van der Waals surface area (Å²) in [4.78, 5) is 26.6. The lowest BCUT2D eigenvalue weighted by Gasteiger charge is -2.15. The summed E-state index contributed by atoms with van der Waals surface area (Å²) in [5, 5.41) is 0. The summed E-state index contributed by atoms with van der Waals surface area (Å²) in [7, 11) is 0. The van der Waals surface area contributed by atoms with Crippen LogP contribution in [0.25, 0.3) is 0 Å². The molecule has 2 heterocycles. The van der Waals surface area contributed by atoms with Crippen molar-refractivity contribution in [2.75, 3.05) is 19.0 Å². The molecule has 22 heavy (non-hydrogen) atoms. The molecule has 1 aromatic heterocycles. The van der Waals surface area contributed by atoms with Gasteiger partial charge in [0.05, 0.1) is 12.8 Å². The Kier molecular flexibility index (Phi) is 5.78. The molecule has 0 bridgehead atoms. The number of halogens is 1. The van der Waals surface area contributed by atoms with Crippen molar-refractivity contribution in [3.8, 4) is 5.88 Å². The molecule has 1 fully saturated rings. The maximum absolute atomic E-state index is 13.8. The van der Waals surface area contributed by atoms with Crippen LogP contribution in [0.2, 0.25) is 0 Å². The first kappa shape index (κ1) is 16.8. The van der Waals surface area contributed by atoms with Gasteiger partial charge in [0.15, 0.2) is 0 Å². The first-order valence-electron chi connectivity index (χ1n) is 6.89. The zero-order valence-electron chi connectivity index (χ0n) is 12.3. The van der Waals surface area contributed by atoms with Gasteiger partial charge in [0.1, 0.15) is 18.3 Å². The summed E-state index contributed by atoms with van der Waals surface area (Å²) in [6.45, 7) is 3.68. The maximum atomic E-state index is 13.8. The van der Waals surface area contributed by atoms with Gasteiger partial charge in [-0.25, -0.2) is 4.79 Å². The van der Waals surface area contributed by atoms with E-state index in [1.807, 2.05) is 0 Å². The highest BCUT2D eigenvalue weighted by molar-refractivity contribution is 8.00. The lowest BCUT2D eigenvalue weighted by Crippen LogP contribution is -2.29. The molecule has 1 aliphatic heterocycles. The van der Waals surface area contributed by atoms with Crippen molar-refractivity contribution in [1.29, 1.82) is 0 Å². The van der Waals surface area contributed by atoms with Crippen LogP contribution in [-0.4, -0.2) is 39.9 Å². The summed E-state index contributed by atoms with van der Waals surface area (Å²) in [5.74, 6) is -0.930. The van der Waals surface area contributed by atoms with Crippen LogP contribution in [0, 0.1) is 5.82 Å². The second-order valence-corrected chi connectivity index (χ2v) is 5.60. The number of esters is 1. The van der Waals surface area contributed by atoms with Gasteiger partial charge in [-0.1, -0.05) is 6.92 Å². The Hall–Kier alpha value is -1.61. The highest BCUT2D eigenvalue weighted by atomic mass is 32.2. The van der Waals surface area contributed by atoms with Crippen LogP contribution in [0.15, 0.2) is 11.0 Å². The quantitative estimate of drug-likeness (QED) is 0.727.